The summed E-state index contributed by atoms with van der Waals surface area (Å²) in [6, 6.07) is 12.0. The second-order valence-corrected chi connectivity index (χ2v) is 9.46. The van der Waals surface area contributed by atoms with Gasteiger partial charge in [-0.1, -0.05) is 12.1 Å². The number of halogens is 1. The maximum atomic E-state index is 13.6. The molecule has 0 aliphatic rings. The number of amides is 2. The van der Waals surface area contributed by atoms with Gasteiger partial charge in [-0.3, -0.25) is 9.36 Å². The number of urea groups is 1. The van der Waals surface area contributed by atoms with Crippen LogP contribution in [0.5, 0.6) is 0 Å². The minimum absolute atomic E-state index is 0.245. The Morgan fingerprint density at radius 2 is 1.73 bits per heavy atom. The molecule has 3 aromatic rings. The van der Waals surface area contributed by atoms with Crippen LogP contribution in [0.2, 0.25) is 0 Å². The van der Waals surface area contributed by atoms with Crippen LogP contribution >= 0.6 is 0 Å². The van der Waals surface area contributed by atoms with Crippen LogP contribution in [0, 0.1) is 5.82 Å². The van der Waals surface area contributed by atoms with Gasteiger partial charge in [-0.15, -0.1) is 0 Å². The van der Waals surface area contributed by atoms with Gasteiger partial charge < -0.3 is 15.1 Å². The van der Waals surface area contributed by atoms with Crippen molar-refractivity contribution in [1.29, 1.82) is 0 Å². The van der Waals surface area contributed by atoms with Crippen LogP contribution < -0.4 is 10.9 Å². The molecule has 176 valence electrons. The first-order chi connectivity index (χ1) is 15.5. The summed E-state index contributed by atoms with van der Waals surface area (Å²) < 4.78 is 15.1. The van der Waals surface area contributed by atoms with Crippen molar-refractivity contribution in [3.05, 3.63) is 70.5 Å². The van der Waals surface area contributed by atoms with E-state index in [1.807, 2.05) is 52.8 Å². The maximum Gasteiger partial charge on any atom is 0.318 e. The number of rotatable bonds is 6. The SMILES string of the molecule is CC(c1nc2ccccc2c(=O)n1-c1ccc(F)cc1)N(CCN(C)C)C(=O)NC(C)(C)C. The predicted octanol–water partition coefficient (Wildman–Crippen LogP) is 3.96. The van der Waals surface area contributed by atoms with E-state index in [0.717, 1.165) is 0 Å². The summed E-state index contributed by atoms with van der Waals surface area (Å²) in [7, 11) is 3.88. The highest BCUT2D eigenvalue weighted by Crippen LogP contribution is 2.23. The zero-order valence-corrected chi connectivity index (χ0v) is 20.1. The van der Waals surface area contributed by atoms with Crippen LogP contribution in [0.1, 0.15) is 39.6 Å². The van der Waals surface area contributed by atoms with Gasteiger partial charge in [0.25, 0.3) is 5.56 Å². The molecule has 0 fully saturated rings. The van der Waals surface area contributed by atoms with E-state index in [0.29, 0.717) is 35.5 Å². The van der Waals surface area contributed by atoms with E-state index in [4.69, 9.17) is 4.98 Å². The Morgan fingerprint density at radius 3 is 2.33 bits per heavy atom. The highest BCUT2D eigenvalue weighted by Gasteiger charge is 2.28. The molecule has 0 saturated carbocycles. The number of aromatic nitrogens is 2. The Labute approximate surface area is 193 Å². The third kappa shape index (κ3) is 5.76. The molecule has 7 nitrogen and oxygen atoms in total. The smallest absolute Gasteiger partial charge is 0.318 e. The third-order valence-corrected chi connectivity index (χ3v) is 5.26. The van der Waals surface area contributed by atoms with E-state index >= 15 is 0 Å². The number of nitrogens with one attached hydrogen (secondary N) is 1. The maximum absolute atomic E-state index is 13.6. The Hall–Kier alpha value is -3.26. The Morgan fingerprint density at radius 1 is 1.09 bits per heavy atom. The lowest BCUT2D eigenvalue weighted by Crippen LogP contribution is -2.51. The van der Waals surface area contributed by atoms with Crippen molar-refractivity contribution >= 4 is 16.9 Å². The van der Waals surface area contributed by atoms with Crippen molar-refractivity contribution in [3.63, 3.8) is 0 Å². The number of carbonyl (C=O) groups excluding carboxylic acids is 1. The highest BCUT2D eigenvalue weighted by molar-refractivity contribution is 5.78. The largest absolute Gasteiger partial charge is 0.333 e. The lowest BCUT2D eigenvalue weighted by Gasteiger charge is -2.34. The van der Waals surface area contributed by atoms with E-state index in [9.17, 15) is 14.0 Å². The average Bonchev–Trinajstić information content (AvgIpc) is 2.73. The summed E-state index contributed by atoms with van der Waals surface area (Å²) in [6.07, 6.45) is 0. The molecule has 3 rings (SSSR count). The van der Waals surface area contributed by atoms with E-state index in [1.165, 1.54) is 16.7 Å². The van der Waals surface area contributed by atoms with E-state index in [2.05, 4.69) is 5.32 Å². The zero-order valence-electron chi connectivity index (χ0n) is 20.1. The third-order valence-electron chi connectivity index (χ3n) is 5.26. The molecule has 0 aliphatic carbocycles. The second-order valence-electron chi connectivity index (χ2n) is 9.46. The Balaban J connectivity index is 2.19. The molecule has 8 heteroatoms. The molecule has 1 atom stereocenters. The number of carbonyl (C=O) groups is 1. The summed E-state index contributed by atoms with van der Waals surface area (Å²) in [5.74, 6) is 0.0143. The summed E-state index contributed by atoms with van der Waals surface area (Å²) in [4.78, 5) is 35.3. The fourth-order valence-electron chi connectivity index (χ4n) is 3.58. The topological polar surface area (TPSA) is 70.5 Å². The molecule has 0 spiro atoms. The molecule has 0 saturated heterocycles. The predicted molar refractivity (Wildman–Crippen MR) is 129 cm³/mol. The highest BCUT2D eigenvalue weighted by atomic mass is 19.1. The Bertz CT molecular complexity index is 1180. The monoisotopic (exact) mass is 453 g/mol. The van der Waals surface area contributed by atoms with Gasteiger partial charge in [0.15, 0.2) is 0 Å². The van der Waals surface area contributed by atoms with Crippen molar-refractivity contribution in [2.24, 2.45) is 0 Å². The number of para-hydroxylation sites is 1. The van der Waals surface area contributed by atoms with Crippen LogP contribution in [-0.4, -0.2) is 58.1 Å². The summed E-state index contributed by atoms with van der Waals surface area (Å²) in [5.41, 5.74) is 0.343. The van der Waals surface area contributed by atoms with E-state index in [1.54, 1.807) is 35.2 Å². The molecular weight excluding hydrogens is 421 g/mol. The van der Waals surface area contributed by atoms with Crippen molar-refractivity contribution < 1.29 is 9.18 Å². The molecule has 1 unspecified atom stereocenters. The van der Waals surface area contributed by atoms with Gasteiger partial charge in [0.1, 0.15) is 11.6 Å². The van der Waals surface area contributed by atoms with E-state index < -0.39 is 17.4 Å². The number of likely N-dealkylation sites (N-methyl/N-ethyl adjacent to an activating group) is 1. The normalized spacial score (nSPS) is 12.7. The number of benzene rings is 2. The lowest BCUT2D eigenvalue weighted by atomic mass is 10.1. The standard InChI is InChI=1S/C25H32FN5O2/c1-17(30(16-15-29(5)6)24(33)28-25(2,3)4)22-27-21-10-8-7-9-20(21)23(32)31(22)19-13-11-18(26)12-14-19/h7-14,17H,15-16H2,1-6H3,(H,28,33). The van der Waals surface area contributed by atoms with Crippen molar-refractivity contribution in [3.8, 4) is 5.69 Å². The fraction of sp³-hybridized carbons (Fsp3) is 0.400. The quantitative estimate of drug-likeness (QED) is 0.613. The zero-order chi connectivity index (χ0) is 24.3. The number of fused-ring (bicyclic) bond motifs is 1. The van der Waals surface area contributed by atoms with E-state index in [-0.39, 0.29) is 11.6 Å². The van der Waals surface area contributed by atoms with Gasteiger partial charge in [0.05, 0.1) is 22.6 Å². The first-order valence-electron chi connectivity index (χ1n) is 11.0. The summed E-state index contributed by atoms with van der Waals surface area (Å²) >= 11 is 0. The first kappa shape index (κ1) is 24.4. The molecule has 1 heterocycles. The van der Waals surface area contributed by atoms with Gasteiger partial charge >= 0.3 is 6.03 Å². The molecule has 2 aromatic carbocycles. The van der Waals surface area contributed by atoms with Crippen LogP contribution in [0.25, 0.3) is 16.6 Å². The molecule has 1 N–H and O–H groups in total. The second kappa shape index (κ2) is 9.70. The molecule has 0 bridgehead atoms. The molecular formula is C25H32FN5O2. The van der Waals surface area contributed by atoms with Crippen LogP contribution in [0.4, 0.5) is 9.18 Å². The molecule has 33 heavy (non-hydrogen) atoms. The van der Waals surface area contributed by atoms with Crippen LogP contribution in [0.15, 0.2) is 53.3 Å². The minimum atomic E-state index is -0.533. The van der Waals surface area contributed by atoms with Crippen LogP contribution in [-0.2, 0) is 0 Å². The van der Waals surface area contributed by atoms with Gasteiger partial charge in [-0.05, 0) is 78.2 Å². The van der Waals surface area contributed by atoms with Crippen molar-refractivity contribution in [2.45, 2.75) is 39.3 Å². The van der Waals surface area contributed by atoms with Crippen LogP contribution in [0.3, 0.4) is 0 Å². The molecule has 0 aliphatic heterocycles. The van der Waals surface area contributed by atoms with Gasteiger partial charge in [0.2, 0.25) is 0 Å². The summed E-state index contributed by atoms with van der Waals surface area (Å²) in [5, 5.41) is 3.47. The molecule has 0 radical (unpaired) electrons. The average molecular weight is 454 g/mol. The van der Waals surface area contributed by atoms with Gasteiger partial charge in [0, 0.05) is 18.6 Å². The fourth-order valence-corrected chi connectivity index (χ4v) is 3.58. The number of nitrogens with zero attached hydrogens (tertiary/aromatic N) is 4. The van der Waals surface area contributed by atoms with Gasteiger partial charge in [-0.25, -0.2) is 14.2 Å². The number of hydrogen-bond donors (Lipinski definition) is 1. The number of hydrogen-bond acceptors (Lipinski definition) is 4. The summed E-state index contributed by atoms with van der Waals surface area (Å²) in [6.45, 7) is 8.68. The van der Waals surface area contributed by atoms with Gasteiger partial charge in [-0.2, -0.15) is 0 Å². The van der Waals surface area contributed by atoms with Crippen molar-refractivity contribution in [2.75, 3.05) is 27.2 Å². The first-order valence-corrected chi connectivity index (χ1v) is 11.0. The Kier molecular flexibility index (Phi) is 7.17. The lowest BCUT2D eigenvalue weighted by molar-refractivity contribution is 0.160. The molecule has 2 amide bonds. The minimum Gasteiger partial charge on any atom is -0.333 e. The van der Waals surface area contributed by atoms with Crippen molar-refractivity contribution in [1.82, 2.24) is 24.7 Å². The molecule has 1 aromatic heterocycles.